The van der Waals surface area contributed by atoms with Crippen LogP contribution in [0, 0.1) is 0 Å². The van der Waals surface area contributed by atoms with E-state index in [4.69, 9.17) is 9.47 Å². The molecule has 0 aliphatic carbocycles. The van der Waals surface area contributed by atoms with Crippen LogP contribution >= 0.6 is 0 Å². The van der Waals surface area contributed by atoms with E-state index in [2.05, 4.69) is 43.0 Å². The summed E-state index contributed by atoms with van der Waals surface area (Å²) in [7, 11) is 0. The van der Waals surface area contributed by atoms with Crippen LogP contribution in [0.3, 0.4) is 0 Å². The van der Waals surface area contributed by atoms with Gasteiger partial charge in [-0.05, 0) is 32.8 Å². The van der Waals surface area contributed by atoms with Crippen LogP contribution in [0.2, 0.25) is 0 Å². The topological polar surface area (TPSA) is 68.5 Å². The molecule has 0 fully saturated rings. The minimum atomic E-state index is -0.542. The van der Waals surface area contributed by atoms with E-state index < -0.39 is 5.92 Å². The summed E-state index contributed by atoms with van der Waals surface area (Å²) in [6.45, 7) is 12.2. The van der Waals surface area contributed by atoms with Crippen LogP contribution < -0.4 is 9.88 Å². The zero-order valence-electron chi connectivity index (χ0n) is 34.5. The smallest absolute Gasteiger partial charge is 0.336 e. The van der Waals surface area contributed by atoms with Gasteiger partial charge in [0.05, 0.1) is 30.3 Å². The molecule has 1 N–H and O–H groups in total. The van der Waals surface area contributed by atoms with Gasteiger partial charge in [0, 0.05) is 29.4 Å². The molecule has 2 rings (SSSR count). The minimum absolute atomic E-state index is 0.346. The number of esters is 2. The van der Waals surface area contributed by atoms with Gasteiger partial charge in [-0.15, -0.1) is 0 Å². The number of rotatable bonds is 32. The summed E-state index contributed by atoms with van der Waals surface area (Å²) < 4.78 is 14.0. The van der Waals surface area contributed by atoms with Crippen molar-refractivity contribution in [3.05, 3.63) is 52.6 Å². The predicted molar refractivity (Wildman–Crippen MR) is 217 cm³/mol. The number of ether oxygens (including phenoxy) is 2. The molecular weight excluding hydrogens is 645 g/mol. The first-order valence-electron chi connectivity index (χ1n) is 22.0. The maximum absolute atomic E-state index is 13.8. The fourth-order valence-electron chi connectivity index (χ4n) is 7.43. The monoisotopic (exact) mass is 724 g/mol. The molecule has 6 heteroatoms. The Morgan fingerprint density at radius 3 is 1.31 bits per heavy atom. The van der Waals surface area contributed by atoms with Gasteiger partial charge in [-0.2, -0.15) is 0 Å². The number of allylic oxidation sites excluding steroid dienone is 2. The maximum Gasteiger partial charge on any atom is 0.336 e. The van der Waals surface area contributed by atoms with Crippen molar-refractivity contribution < 1.29 is 23.6 Å². The first kappa shape index (κ1) is 45.5. The molecule has 0 bridgehead atoms. The molecule has 0 unspecified atom stereocenters. The van der Waals surface area contributed by atoms with E-state index in [0.717, 1.165) is 62.0 Å². The van der Waals surface area contributed by atoms with E-state index in [1.165, 1.54) is 128 Å². The van der Waals surface area contributed by atoms with Crippen molar-refractivity contribution in [3.63, 3.8) is 0 Å². The van der Waals surface area contributed by atoms with Crippen LogP contribution in [0.4, 0.5) is 0 Å². The average Bonchev–Trinajstić information content (AvgIpc) is 3.14. The summed E-state index contributed by atoms with van der Waals surface area (Å²) in [5.41, 5.74) is 3.41. The molecule has 0 amide bonds. The zero-order chi connectivity index (χ0) is 37.7. The van der Waals surface area contributed by atoms with Gasteiger partial charge < -0.3 is 14.8 Å². The number of carbonyl (C=O) groups is 2. The lowest BCUT2D eigenvalue weighted by atomic mass is 9.81. The highest BCUT2D eigenvalue weighted by atomic mass is 16.5. The summed E-state index contributed by atoms with van der Waals surface area (Å²) in [6.07, 6.45) is 36.6. The third-order valence-electron chi connectivity index (χ3n) is 10.6. The van der Waals surface area contributed by atoms with E-state index >= 15 is 0 Å². The fourth-order valence-corrected chi connectivity index (χ4v) is 7.43. The average molecular weight is 724 g/mol. The molecule has 1 aromatic rings. The van der Waals surface area contributed by atoms with Gasteiger partial charge in [0.25, 0.3) is 0 Å². The number of hydrogen-bond donors (Lipinski definition) is 1. The molecule has 0 spiro atoms. The van der Waals surface area contributed by atoms with Gasteiger partial charge in [0.15, 0.2) is 12.4 Å². The quantitative estimate of drug-likeness (QED) is 0.0455. The van der Waals surface area contributed by atoms with Crippen molar-refractivity contribution in [1.29, 1.82) is 0 Å². The molecule has 1 aromatic heterocycles. The number of carbonyl (C=O) groups excluding carboxylic acids is 2. The number of unbranched alkanes of at least 4 members (excludes halogenated alkanes) is 23. The molecule has 2 heterocycles. The molecular formula is C46H79N2O4+. The number of hydrogen-bond acceptors (Lipinski definition) is 5. The predicted octanol–water partition coefficient (Wildman–Crippen LogP) is 12.5. The Bertz CT molecular complexity index is 1110. The number of aromatic nitrogens is 1. The van der Waals surface area contributed by atoms with E-state index in [-0.39, 0.29) is 11.9 Å². The van der Waals surface area contributed by atoms with E-state index in [9.17, 15) is 9.59 Å². The van der Waals surface area contributed by atoms with Gasteiger partial charge >= 0.3 is 11.9 Å². The van der Waals surface area contributed by atoms with Crippen LogP contribution in [0.15, 0.2) is 47.1 Å². The standard InChI is InChI=1S/C46H78N2O4/c1-6-9-12-14-16-18-20-22-24-26-28-30-36-51-45(49)42-39(4)47-40(5)43(44(42)41-33-32-35-48(38-41)34-11-8-3)46(50)52-37-31-29-27-25-23-21-19-17-15-13-10-7-2/h32-33,35,38,44H,6-31,34,36-37H2,1-5H3/p+1. The van der Waals surface area contributed by atoms with Crippen LogP contribution in [-0.2, 0) is 25.6 Å². The fraction of sp³-hybridized carbons (Fsp3) is 0.761. The number of aryl methyl sites for hydroxylation is 1. The molecule has 1 aliphatic heterocycles. The molecule has 0 saturated heterocycles. The zero-order valence-corrected chi connectivity index (χ0v) is 34.5. The Kier molecular flexibility index (Phi) is 26.1. The number of pyridine rings is 1. The first-order valence-corrected chi connectivity index (χ1v) is 22.0. The maximum atomic E-state index is 13.8. The Labute approximate surface area is 320 Å². The highest BCUT2D eigenvalue weighted by Gasteiger charge is 2.39. The molecule has 6 nitrogen and oxygen atoms in total. The highest BCUT2D eigenvalue weighted by Crippen LogP contribution is 2.39. The third kappa shape index (κ3) is 18.9. The van der Waals surface area contributed by atoms with Gasteiger partial charge in [-0.25, -0.2) is 14.2 Å². The second-order valence-electron chi connectivity index (χ2n) is 15.4. The second-order valence-corrected chi connectivity index (χ2v) is 15.4. The van der Waals surface area contributed by atoms with Crippen molar-refractivity contribution in [2.24, 2.45) is 0 Å². The van der Waals surface area contributed by atoms with Crippen molar-refractivity contribution in [3.8, 4) is 0 Å². The van der Waals surface area contributed by atoms with Gasteiger partial charge in [0.1, 0.15) is 6.54 Å². The van der Waals surface area contributed by atoms with Crippen molar-refractivity contribution in [2.45, 2.75) is 214 Å². The number of dihydropyridines is 1. The normalized spacial score (nSPS) is 13.5. The van der Waals surface area contributed by atoms with Crippen LogP contribution in [-0.4, -0.2) is 25.2 Å². The largest absolute Gasteiger partial charge is 0.462 e. The Hall–Kier alpha value is -2.63. The SMILES string of the molecule is CCCCCCCCCCCCCCOC(=O)C1=C(C)NC(C)=C(C(=O)OCCCCCCCCCCCCCC)C1c1ccc[n+](CCCC)c1. The highest BCUT2D eigenvalue weighted by molar-refractivity contribution is 5.99. The lowest BCUT2D eigenvalue weighted by Crippen LogP contribution is -2.36. The molecule has 0 radical (unpaired) electrons. The number of nitrogens with one attached hydrogen (secondary N) is 1. The lowest BCUT2D eigenvalue weighted by molar-refractivity contribution is -0.697. The summed E-state index contributed by atoms with van der Waals surface area (Å²) in [5.74, 6) is -1.24. The van der Waals surface area contributed by atoms with E-state index in [0.29, 0.717) is 24.4 Å². The molecule has 52 heavy (non-hydrogen) atoms. The van der Waals surface area contributed by atoms with Gasteiger partial charge in [0.2, 0.25) is 0 Å². The Morgan fingerprint density at radius 2 is 0.923 bits per heavy atom. The summed E-state index contributed by atoms with van der Waals surface area (Å²) in [6, 6.07) is 4.04. The third-order valence-corrected chi connectivity index (χ3v) is 10.6. The summed E-state index contributed by atoms with van der Waals surface area (Å²) >= 11 is 0. The Morgan fingerprint density at radius 1 is 0.558 bits per heavy atom. The van der Waals surface area contributed by atoms with Crippen molar-refractivity contribution in [1.82, 2.24) is 5.32 Å². The molecule has 0 atom stereocenters. The van der Waals surface area contributed by atoms with E-state index in [1.54, 1.807) is 0 Å². The summed E-state index contributed by atoms with van der Waals surface area (Å²) in [5, 5.41) is 3.34. The second kappa shape index (κ2) is 29.8. The van der Waals surface area contributed by atoms with Crippen molar-refractivity contribution in [2.75, 3.05) is 13.2 Å². The van der Waals surface area contributed by atoms with Gasteiger partial charge in [-0.1, -0.05) is 168 Å². The van der Waals surface area contributed by atoms with Gasteiger partial charge in [-0.3, -0.25) is 0 Å². The summed E-state index contributed by atoms with van der Waals surface area (Å²) in [4.78, 5) is 27.6. The van der Waals surface area contributed by atoms with Crippen LogP contribution in [0.25, 0.3) is 0 Å². The molecule has 0 saturated carbocycles. The first-order chi connectivity index (χ1) is 25.4. The van der Waals surface area contributed by atoms with Crippen LogP contribution in [0.1, 0.15) is 213 Å². The minimum Gasteiger partial charge on any atom is -0.462 e. The Balaban J connectivity index is 1.91. The molecule has 296 valence electrons. The van der Waals surface area contributed by atoms with Crippen LogP contribution in [0.5, 0.6) is 0 Å². The van der Waals surface area contributed by atoms with Crippen molar-refractivity contribution >= 4 is 11.9 Å². The molecule has 0 aromatic carbocycles. The molecule has 1 aliphatic rings. The van der Waals surface area contributed by atoms with E-state index in [1.807, 2.05) is 26.0 Å². The number of nitrogens with zero attached hydrogens (tertiary/aromatic N) is 1. The lowest BCUT2D eigenvalue weighted by Gasteiger charge is -2.30.